The van der Waals surface area contributed by atoms with Gasteiger partial charge < -0.3 is 15.0 Å². The average molecular weight is 418 g/mol. The predicted molar refractivity (Wildman–Crippen MR) is 121 cm³/mol. The van der Waals surface area contributed by atoms with Crippen molar-refractivity contribution in [3.8, 4) is 17.0 Å². The first kappa shape index (κ1) is 19.7. The van der Waals surface area contributed by atoms with Gasteiger partial charge in [0, 0.05) is 23.8 Å². The van der Waals surface area contributed by atoms with Crippen molar-refractivity contribution in [1.82, 2.24) is 29.5 Å². The van der Waals surface area contributed by atoms with Crippen molar-refractivity contribution >= 4 is 22.4 Å². The lowest BCUT2D eigenvalue weighted by molar-refractivity contribution is 0.221. The number of nitrogens with one attached hydrogen (secondary N) is 1. The van der Waals surface area contributed by atoms with Gasteiger partial charge in [0.05, 0.1) is 29.7 Å². The van der Waals surface area contributed by atoms with Gasteiger partial charge in [-0.2, -0.15) is 0 Å². The molecule has 8 heteroatoms. The highest BCUT2D eigenvalue weighted by Crippen LogP contribution is 2.31. The third-order valence-electron chi connectivity index (χ3n) is 6.28. The van der Waals surface area contributed by atoms with Crippen LogP contribution in [0.25, 0.3) is 27.5 Å². The Balaban J connectivity index is 1.39. The number of hydrogen-bond donors (Lipinski definition) is 1. The lowest BCUT2D eigenvalue weighted by Gasteiger charge is -2.32. The maximum absolute atomic E-state index is 5.40. The molecule has 0 aliphatic heterocycles. The molecule has 5 rings (SSSR count). The average Bonchev–Trinajstić information content (AvgIpc) is 3.22. The van der Waals surface area contributed by atoms with E-state index >= 15 is 0 Å². The van der Waals surface area contributed by atoms with Gasteiger partial charge in [0.25, 0.3) is 0 Å². The number of anilines is 1. The highest BCUT2D eigenvalue weighted by molar-refractivity contribution is 5.91. The number of hydrogen-bond acceptors (Lipinski definition) is 7. The third-order valence-corrected chi connectivity index (χ3v) is 6.28. The highest BCUT2D eigenvalue weighted by atomic mass is 16.5. The summed E-state index contributed by atoms with van der Waals surface area (Å²) < 4.78 is 7.29. The summed E-state index contributed by atoms with van der Waals surface area (Å²) in [6.07, 6.45) is 10.1. The summed E-state index contributed by atoms with van der Waals surface area (Å²) in [5.41, 5.74) is 3.92. The van der Waals surface area contributed by atoms with E-state index in [1.54, 1.807) is 7.11 Å². The second-order valence-electron chi connectivity index (χ2n) is 8.37. The Morgan fingerprint density at radius 1 is 1.06 bits per heavy atom. The molecule has 1 aliphatic rings. The number of fused-ring (bicyclic) bond motifs is 2. The number of benzene rings is 1. The van der Waals surface area contributed by atoms with Crippen LogP contribution >= 0.6 is 0 Å². The minimum absolute atomic E-state index is 0.427. The van der Waals surface area contributed by atoms with Crippen molar-refractivity contribution in [3.05, 3.63) is 43.0 Å². The number of aromatic nitrogens is 5. The standard InChI is InChI=1S/C23H27N7O/c1-29(2)17-7-5-16(6-8-17)27-23-24-13-21-18(10-11-30(21)28-23)15-4-9-20-19(12-15)22(31-3)26-14-25-20/h4,9-14,16-17H,5-8H2,1-3H3,(H,27,28). The van der Waals surface area contributed by atoms with Crippen LogP contribution in [0.1, 0.15) is 25.7 Å². The van der Waals surface area contributed by atoms with E-state index in [1.807, 2.05) is 23.0 Å². The Hall–Kier alpha value is -3.26. The van der Waals surface area contributed by atoms with Crippen molar-refractivity contribution in [3.63, 3.8) is 0 Å². The van der Waals surface area contributed by atoms with Gasteiger partial charge in [-0.25, -0.2) is 19.5 Å². The molecule has 0 unspecified atom stereocenters. The SMILES string of the molecule is COc1ncnc2ccc(-c3ccn4nc(NC5CCC(N(C)C)CC5)ncc34)cc12. The largest absolute Gasteiger partial charge is 0.480 e. The lowest BCUT2D eigenvalue weighted by atomic mass is 9.91. The molecule has 1 fully saturated rings. The Kier molecular flexibility index (Phi) is 5.15. The Bertz CT molecular complexity index is 1210. The second kappa shape index (κ2) is 8.11. The van der Waals surface area contributed by atoms with E-state index < -0.39 is 0 Å². The van der Waals surface area contributed by atoms with Crippen LogP contribution in [0.4, 0.5) is 5.95 Å². The second-order valence-corrected chi connectivity index (χ2v) is 8.37. The van der Waals surface area contributed by atoms with Gasteiger partial charge in [-0.1, -0.05) is 6.07 Å². The first-order chi connectivity index (χ1) is 15.1. The maximum Gasteiger partial charge on any atom is 0.241 e. The molecular weight excluding hydrogens is 390 g/mol. The van der Waals surface area contributed by atoms with Crippen LogP contribution in [0.5, 0.6) is 5.88 Å². The van der Waals surface area contributed by atoms with E-state index in [0.717, 1.165) is 40.4 Å². The number of methoxy groups -OCH3 is 1. The molecule has 1 N–H and O–H groups in total. The van der Waals surface area contributed by atoms with Crippen LogP contribution in [0.2, 0.25) is 0 Å². The molecule has 0 spiro atoms. The van der Waals surface area contributed by atoms with E-state index in [-0.39, 0.29) is 0 Å². The van der Waals surface area contributed by atoms with Crippen molar-refractivity contribution < 1.29 is 4.74 Å². The van der Waals surface area contributed by atoms with Crippen molar-refractivity contribution in [1.29, 1.82) is 0 Å². The molecule has 1 aromatic carbocycles. The molecule has 0 amide bonds. The molecule has 3 aromatic heterocycles. The molecular formula is C23H27N7O. The summed E-state index contributed by atoms with van der Waals surface area (Å²) in [6, 6.07) is 9.27. The van der Waals surface area contributed by atoms with Crippen molar-refractivity contribution in [2.75, 3.05) is 26.5 Å². The first-order valence-electron chi connectivity index (χ1n) is 10.7. The monoisotopic (exact) mass is 417 g/mol. The Labute approximate surface area is 181 Å². The van der Waals surface area contributed by atoms with E-state index in [0.29, 0.717) is 23.9 Å². The molecule has 1 aliphatic carbocycles. The van der Waals surface area contributed by atoms with Crippen LogP contribution < -0.4 is 10.1 Å². The zero-order chi connectivity index (χ0) is 21.4. The van der Waals surface area contributed by atoms with E-state index in [4.69, 9.17) is 9.84 Å². The van der Waals surface area contributed by atoms with E-state index in [1.165, 1.54) is 19.2 Å². The van der Waals surface area contributed by atoms with Gasteiger partial charge in [-0.3, -0.25) is 0 Å². The minimum Gasteiger partial charge on any atom is -0.480 e. The zero-order valence-corrected chi connectivity index (χ0v) is 18.1. The fraction of sp³-hybridized carbons (Fsp3) is 0.391. The third kappa shape index (κ3) is 3.79. The quantitative estimate of drug-likeness (QED) is 0.531. The van der Waals surface area contributed by atoms with Crippen LogP contribution in [0.3, 0.4) is 0 Å². The molecule has 0 radical (unpaired) electrons. The van der Waals surface area contributed by atoms with Crippen LogP contribution in [0.15, 0.2) is 43.0 Å². The number of rotatable bonds is 5. The Morgan fingerprint density at radius 2 is 1.90 bits per heavy atom. The Morgan fingerprint density at radius 3 is 2.68 bits per heavy atom. The van der Waals surface area contributed by atoms with Gasteiger partial charge in [-0.05, 0) is 63.5 Å². The molecule has 0 saturated heterocycles. The summed E-state index contributed by atoms with van der Waals surface area (Å²) in [6.45, 7) is 0. The van der Waals surface area contributed by atoms with Crippen molar-refractivity contribution in [2.24, 2.45) is 0 Å². The van der Waals surface area contributed by atoms with Crippen molar-refractivity contribution in [2.45, 2.75) is 37.8 Å². The molecule has 31 heavy (non-hydrogen) atoms. The summed E-state index contributed by atoms with van der Waals surface area (Å²) in [4.78, 5) is 15.5. The highest BCUT2D eigenvalue weighted by Gasteiger charge is 2.23. The van der Waals surface area contributed by atoms with Crippen LogP contribution in [-0.2, 0) is 0 Å². The number of nitrogens with zero attached hydrogens (tertiary/aromatic N) is 6. The lowest BCUT2D eigenvalue weighted by Crippen LogP contribution is -2.36. The predicted octanol–water partition coefficient (Wildman–Crippen LogP) is 3.63. The zero-order valence-electron chi connectivity index (χ0n) is 18.1. The molecule has 8 nitrogen and oxygen atoms in total. The van der Waals surface area contributed by atoms with E-state index in [2.05, 4.69) is 57.5 Å². The fourth-order valence-electron chi connectivity index (χ4n) is 4.49. The fourth-order valence-corrected chi connectivity index (χ4v) is 4.49. The van der Waals surface area contributed by atoms with Gasteiger partial charge >= 0.3 is 0 Å². The first-order valence-corrected chi connectivity index (χ1v) is 10.7. The van der Waals surface area contributed by atoms with Gasteiger partial charge in [-0.15, -0.1) is 5.10 Å². The van der Waals surface area contributed by atoms with Crippen LogP contribution in [-0.4, -0.2) is 62.8 Å². The maximum atomic E-state index is 5.40. The normalized spacial score (nSPS) is 19.2. The number of ether oxygens (including phenoxy) is 1. The molecule has 3 heterocycles. The van der Waals surface area contributed by atoms with Gasteiger partial charge in [0.15, 0.2) is 0 Å². The molecule has 1 saturated carbocycles. The summed E-state index contributed by atoms with van der Waals surface area (Å²) >= 11 is 0. The van der Waals surface area contributed by atoms with E-state index in [9.17, 15) is 0 Å². The molecule has 0 atom stereocenters. The summed E-state index contributed by atoms with van der Waals surface area (Å²) in [5.74, 6) is 1.25. The minimum atomic E-state index is 0.427. The molecule has 160 valence electrons. The smallest absolute Gasteiger partial charge is 0.241 e. The van der Waals surface area contributed by atoms with Crippen LogP contribution in [0, 0.1) is 0 Å². The molecule has 0 bridgehead atoms. The van der Waals surface area contributed by atoms with Gasteiger partial charge in [0.1, 0.15) is 6.33 Å². The topological polar surface area (TPSA) is 80.5 Å². The molecule has 4 aromatic rings. The summed E-state index contributed by atoms with van der Waals surface area (Å²) in [5, 5.41) is 9.11. The van der Waals surface area contributed by atoms with Gasteiger partial charge in [0.2, 0.25) is 11.8 Å². The summed E-state index contributed by atoms with van der Waals surface area (Å²) in [7, 11) is 5.95.